The number of fused-ring (bicyclic) bond motifs is 1. The standard InChI is InChI=1S/C17H24O5/c1-9(6-5-7-21-12(4)18)14-10(2)8-13-15(16(14)19)11(3)17(20)22-13/h9,13,15-16,19H,3,5-8H2,1-2,4H3/t9?,13-,15-,16?/m1/s1. The lowest BCUT2D eigenvalue weighted by Crippen LogP contribution is -2.37. The number of hydrogen-bond donors (Lipinski definition) is 1. The zero-order chi connectivity index (χ0) is 16.4. The van der Waals surface area contributed by atoms with E-state index in [2.05, 4.69) is 13.5 Å². The monoisotopic (exact) mass is 308 g/mol. The van der Waals surface area contributed by atoms with Gasteiger partial charge in [0.1, 0.15) is 6.10 Å². The van der Waals surface area contributed by atoms with Crippen LogP contribution < -0.4 is 0 Å². The van der Waals surface area contributed by atoms with Crippen LogP contribution in [0.2, 0.25) is 0 Å². The predicted molar refractivity (Wildman–Crippen MR) is 80.9 cm³/mol. The lowest BCUT2D eigenvalue weighted by molar-refractivity contribution is -0.141. The van der Waals surface area contributed by atoms with E-state index in [9.17, 15) is 14.7 Å². The maximum Gasteiger partial charge on any atom is 0.334 e. The summed E-state index contributed by atoms with van der Waals surface area (Å²) in [6, 6.07) is 0. The highest BCUT2D eigenvalue weighted by Crippen LogP contribution is 2.43. The molecule has 0 spiro atoms. The van der Waals surface area contributed by atoms with E-state index in [1.807, 2.05) is 6.92 Å². The Labute approximate surface area is 131 Å². The van der Waals surface area contributed by atoms with E-state index in [1.165, 1.54) is 6.92 Å². The number of rotatable bonds is 5. The summed E-state index contributed by atoms with van der Waals surface area (Å²) in [5, 5.41) is 10.7. The maximum absolute atomic E-state index is 11.6. The van der Waals surface area contributed by atoms with Crippen molar-refractivity contribution >= 4 is 11.9 Å². The molecule has 0 aromatic carbocycles. The van der Waals surface area contributed by atoms with Gasteiger partial charge >= 0.3 is 11.9 Å². The van der Waals surface area contributed by atoms with Crippen LogP contribution >= 0.6 is 0 Å². The lowest BCUT2D eigenvalue weighted by Gasteiger charge is -2.35. The zero-order valence-corrected chi connectivity index (χ0v) is 13.4. The molecule has 0 saturated carbocycles. The molecule has 0 bridgehead atoms. The van der Waals surface area contributed by atoms with Crippen LogP contribution in [-0.2, 0) is 19.1 Å². The summed E-state index contributed by atoms with van der Waals surface area (Å²) in [7, 11) is 0. The normalized spacial score (nSPS) is 29.2. The Bertz CT molecular complexity index is 519. The smallest absolute Gasteiger partial charge is 0.334 e. The predicted octanol–water partition coefficient (Wildman–Crippen LogP) is 2.14. The number of ether oxygens (including phenoxy) is 2. The van der Waals surface area contributed by atoms with Crippen molar-refractivity contribution in [3.05, 3.63) is 23.3 Å². The van der Waals surface area contributed by atoms with Gasteiger partial charge in [-0.3, -0.25) is 4.79 Å². The number of carbonyl (C=O) groups excluding carboxylic acids is 2. The summed E-state index contributed by atoms with van der Waals surface area (Å²) in [6.07, 6.45) is 1.20. The van der Waals surface area contributed by atoms with Gasteiger partial charge in [-0.05, 0) is 31.3 Å². The summed E-state index contributed by atoms with van der Waals surface area (Å²) in [5.41, 5.74) is 2.43. The molecule has 1 heterocycles. The molecule has 2 rings (SSSR count). The number of hydrogen-bond acceptors (Lipinski definition) is 5. The molecule has 2 unspecified atom stereocenters. The fourth-order valence-corrected chi connectivity index (χ4v) is 3.55. The molecule has 0 radical (unpaired) electrons. The van der Waals surface area contributed by atoms with E-state index in [4.69, 9.17) is 9.47 Å². The Morgan fingerprint density at radius 2 is 2.23 bits per heavy atom. The van der Waals surface area contributed by atoms with E-state index in [1.54, 1.807) is 0 Å². The highest BCUT2D eigenvalue weighted by Gasteiger charge is 2.47. The van der Waals surface area contributed by atoms with Crippen molar-refractivity contribution in [2.45, 2.75) is 52.2 Å². The molecule has 0 amide bonds. The van der Waals surface area contributed by atoms with Crippen LogP contribution in [0, 0.1) is 11.8 Å². The first-order valence-electron chi connectivity index (χ1n) is 7.73. The van der Waals surface area contributed by atoms with E-state index in [0.29, 0.717) is 18.6 Å². The van der Waals surface area contributed by atoms with Crippen molar-refractivity contribution in [3.8, 4) is 0 Å². The van der Waals surface area contributed by atoms with Gasteiger partial charge in [-0.2, -0.15) is 0 Å². The van der Waals surface area contributed by atoms with Crippen molar-refractivity contribution < 1.29 is 24.2 Å². The molecule has 4 atom stereocenters. The van der Waals surface area contributed by atoms with Crippen LogP contribution in [-0.4, -0.2) is 35.9 Å². The van der Waals surface area contributed by atoms with Crippen LogP contribution in [0.15, 0.2) is 23.3 Å². The quantitative estimate of drug-likeness (QED) is 0.364. The average molecular weight is 308 g/mol. The van der Waals surface area contributed by atoms with E-state index >= 15 is 0 Å². The van der Waals surface area contributed by atoms with Crippen LogP contribution in [0.4, 0.5) is 0 Å². The molecule has 5 heteroatoms. The topological polar surface area (TPSA) is 72.8 Å². The largest absolute Gasteiger partial charge is 0.466 e. The van der Waals surface area contributed by atoms with Crippen molar-refractivity contribution in [1.29, 1.82) is 0 Å². The van der Waals surface area contributed by atoms with Gasteiger partial charge in [0.15, 0.2) is 0 Å². The molecule has 2 aliphatic rings. The van der Waals surface area contributed by atoms with Crippen LogP contribution in [0.25, 0.3) is 0 Å². The molecule has 122 valence electrons. The highest BCUT2D eigenvalue weighted by molar-refractivity contribution is 5.91. The number of carbonyl (C=O) groups is 2. The fourth-order valence-electron chi connectivity index (χ4n) is 3.55. The van der Waals surface area contributed by atoms with Crippen molar-refractivity contribution in [3.63, 3.8) is 0 Å². The third kappa shape index (κ3) is 3.24. The second kappa shape index (κ2) is 6.65. The van der Waals surface area contributed by atoms with Gasteiger partial charge in [-0.1, -0.05) is 19.1 Å². The molecule has 0 aromatic rings. The molecular formula is C17H24O5. The third-order valence-corrected chi connectivity index (χ3v) is 4.60. The second-order valence-electron chi connectivity index (χ2n) is 6.26. The van der Waals surface area contributed by atoms with Crippen LogP contribution in [0.1, 0.15) is 40.0 Å². The summed E-state index contributed by atoms with van der Waals surface area (Å²) >= 11 is 0. The summed E-state index contributed by atoms with van der Waals surface area (Å²) in [4.78, 5) is 22.4. The summed E-state index contributed by atoms with van der Waals surface area (Å²) in [6.45, 7) is 9.58. The third-order valence-electron chi connectivity index (χ3n) is 4.60. The molecule has 1 aliphatic heterocycles. The van der Waals surface area contributed by atoms with Crippen molar-refractivity contribution in [2.24, 2.45) is 11.8 Å². The number of esters is 2. The second-order valence-corrected chi connectivity index (χ2v) is 6.26. The van der Waals surface area contributed by atoms with Crippen LogP contribution in [0.5, 0.6) is 0 Å². The van der Waals surface area contributed by atoms with E-state index < -0.39 is 12.1 Å². The minimum atomic E-state index is -0.721. The van der Waals surface area contributed by atoms with Gasteiger partial charge < -0.3 is 14.6 Å². The van der Waals surface area contributed by atoms with Gasteiger partial charge in [0, 0.05) is 18.9 Å². The Morgan fingerprint density at radius 1 is 1.55 bits per heavy atom. The van der Waals surface area contributed by atoms with E-state index in [-0.39, 0.29) is 23.9 Å². The SMILES string of the molecule is C=C1C(=O)O[C@@H]2CC(C)=C(C(C)CCCOC(C)=O)C(O)[C@H]12. The molecule has 1 saturated heterocycles. The first-order valence-corrected chi connectivity index (χ1v) is 7.73. The first-order chi connectivity index (χ1) is 10.3. The average Bonchev–Trinajstić information content (AvgIpc) is 2.69. The number of aliphatic hydroxyl groups is 1. The van der Waals surface area contributed by atoms with Gasteiger partial charge in [-0.15, -0.1) is 0 Å². The molecule has 5 nitrogen and oxygen atoms in total. The maximum atomic E-state index is 11.6. The lowest BCUT2D eigenvalue weighted by atomic mass is 9.73. The minimum absolute atomic E-state index is 0.162. The molecule has 1 aliphatic carbocycles. The van der Waals surface area contributed by atoms with Crippen molar-refractivity contribution in [2.75, 3.05) is 6.61 Å². The Balaban J connectivity index is 2.03. The zero-order valence-electron chi connectivity index (χ0n) is 13.4. The molecule has 1 N–H and O–H groups in total. The number of aliphatic hydroxyl groups excluding tert-OH is 1. The highest BCUT2D eigenvalue weighted by atomic mass is 16.6. The summed E-state index contributed by atoms with van der Waals surface area (Å²) < 4.78 is 10.2. The van der Waals surface area contributed by atoms with E-state index in [0.717, 1.165) is 24.0 Å². The van der Waals surface area contributed by atoms with Gasteiger partial charge in [0.25, 0.3) is 0 Å². The van der Waals surface area contributed by atoms with Gasteiger partial charge in [-0.25, -0.2) is 4.79 Å². The first kappa shape index (κ1) is 16.7. The molecule has 1 fully saturated rings. The minimum Gasteiger partial charge on any atom is -0.466 e. The Morgan fingerprint density at radius 3 is 2.86 bits per heavy atom. The van der Waals surface area contributed by atoms with Crippen molar-refractivity contribution in [1.82, 2.24) is 0 Å². The molecular weight excluding hydrogens is 284 g/mol. The summed E-state index contributed by atoms with van der Waals surface area (Å²) in [5.74, 6) is -0.843. The van der Waals surface area contributed by atoms with Gasteiger partial charge in [0.05, 0.1) is 18.6 Å². The Kier molecular flexibility index (Phi) is 5.06. The van der Waals surface area contributed by atoms with Crippen LogP contribution in [0.3, 0.4) is 0 Å². The van der Waals surface area contributed by atoms with Gasteiger partial charge in [0.2, 0.25) is 0 Å². The molecule has 22 heavy (non-hydrogen) atoms. The molecule has 0 aromatic heterocycles. The fraction of sp³-hybridized carbons (Fsp3) is 0.647. The Hall–Kier alpha value is -1.62.